The topological polar surface area (TPSA) is 52.6 Å². The molecular formula is C14H20FO4P. The van der Waals surface area contributed by atoms with Crippen LogP contribution < -0.4 is 0 Å². The van der Waals surface area contributed by atoms with Gasteiger partial charge in [-0.1, -0.05) is 0 Å². The van der Waals surface area contributed by atoms with E-state index in [4.69, 9.17) is 9.05 Å². The minimum absolute atomic E-state index is 0.107. The lowest BCUT2D eigenvalue weighted by Crippen LogP contribution is -2.04. The van der Waals surface area contributed by atoms with E-state index in [-0.39, 0.29) is 24.2 Å². The van der Waals surface area contributed by atoms with Gasteiger partial charge in [-0.15, -0.1) is 0 Å². The summed E-state index contributed by atoms with van der Waals surface area (Å²) in [6.07, 6.45) is 0.852. The fraction of sp³-hybridized carbons (Fsp3) is 0.500. The van der Waals surface area contributed by atoms with Gasteiger partial charge in [0.25, 0.3) is 0 Å². The standard InChI is InChI=1S/C14H20FO4P/c1-3-18-20(17,19-4-2)11-5-6-14(16)12-7-9-13(15)10-8-12/h7-10H,3-6,11H2,1-2H3. The number of ketones is 1. The van der Waals surface area contributed by atoms with Crippen molar-refractivity contribution in [1.82, 2.24) is 0 Å². The predicted molar refractivity (Wildman–Crippen MR) is 75.7 cm³/mol. The molecule has 0 amide bonds. The average molecular weight is 302 g/mol. The third kappa shape index (κ3) is 5.53. The quantitative estimate of drug-likeness (QED) is 0.510. The first kappa shape index (κ1) is 17.0. The third-order valence-corrected chi connectivity index (χ3v) is 4.82. The number of halogens is 1. The minimum Gasteiger partial charge on any atom is -0.309 e. The van der Waals surface area contributed by atoms with Crippen LogP contribution in [0.4, 0.5) is 4.39 Å². The summed E-state index contributed by atoms with van der Waals surface area (Å²) in [5, 5.41) is 0. The van der Waals surface area contributed by atoms with Gasteiger partial charge in [0.05, 0.1) is 19.4 Å². The normalized spacial score (nSPS) is 11.6. The molecule has 6 heteroatoms. The SMILES string of the molecule is CCOP(=O)(CCCC(=O)c1ccc(F)cc1)OCC. The molecule has 0 aliphatic carbocycles. The van der Waals surface area contributed by atoms with E-state index in [2.05, 4.69) is 0 Å². The summed E-state index contributed by atoms with van der Waals surface area (Å²) in [7, 11) is -3.09. The Morgan fingerprint density at radius 2 is 1.70 bits per heavy atom. The van der Waals surface area contributed by atoms with Crippen LogP contribution in [-0.2, 0) is 13.6 Å². The Balaban J connectivity index is 2.48. The average Bonchev–Trinajstić information content (AvgIpc) is 2.39. The molecule has 1 aromatic rings. The zero-order valence-electron chi connectivity index (χ0n) is 11.8. The lowest BCUT2D eigenvalue weighted by Gasteiger charge is -2.16. The van der Waals surface area contributed by atoms with Crippen molar-refractivity contribution in [2.24, 2.45) is 0 Å². The van der Waals surface area contributed by atoms with Crippen molar-refractivity contribution in [3.8, 4) is 0 Å². The van der Waals surface area contributed by atoms with Gasteiger partial charge in [0.1, 0.15) is 5.82 Å². The van der Waals surface area contributed by atoms with E-state index in [0.717, 1.165) is 0 Å². The van der Waals surface area contributed by atoms with Gasteiger partial charge in [0.2, 0.25) is 0 Å². The van der Waals surface area contributed by atoms with Gasteiger partial charge < -0.3 is 9.05 Å². The smallest absolute Gasteiger partial charge is 0.309 e. The van der Waals surface area contributed by atoms with Crippen LogP contribution in [0, 0.1) is 5.82 Å². The number of benzene rings is 1. The molecule has 0 atom stereocenters. The number of hydrogen-bond donors (Lipinski definition) is 0. The van der Waals surface area contributed by atoms with Gasteiger partial charge in [0.15, 0.2) is 5.78 Å². The summed E-state index contributed by atoms with van der Waals surface area (Å²) in [4.78, 5) is 11.9. The highest BCUT2D eigenvalue weighted by atomic mass is 31.2. The van der Waals surface area contributed by atoms with Gasteiger partial charge in [-0.2, -0.15) is 0 Å². The first-order valence-corrected chi connectivity index (χ1v) is 8.40. The van der Waals surface area contributed by atoms with Crippen molar-refractivity contribution in [2.75, 3.05) is 19.4 Å². The van der Waals surface area contributed by atoms with Crippen molar-refractivity contribution in [2.45, 2.75) is 26.7 Å². The van der Waals surface area contributed by atoms with Crippen molar-refractivity contribution in [3.63, 3.8) is 0 Å². The molecule has 0 saturated carbocycles. The summed E-state index contributed by atoms with van der Waals surface area (Å²) < 4.78 is 35.2. The molecule has 4 nitrogen and oxygen atoms in total. The van der Waals surface area contributed by atoms with Crippen LogP contribution in [0.1, 0.15) is 37.0 Å². The third-order valence-electron chi connectivity index (χ3n) is 2.65. The molecule has 0 heterocycles. The maximum Gasteiger partial charge on any atom is 0.330 e. The molecule has 0 fully saturated rings. The van der Waals surface area contributed by atoms with Crippen molar-refractivity contribution in [3.05, 3.63) is 35.6 Å². The van der Waals surface area contributed by atoms with E-state index >= 15 is 0 Å². The van der Waals surface area contributed by atoms with Crippen LogP contribution in [0.5, 0.6) is 0 Å². The Bertz CT molecular complexity index is 463. The lowest BCUT2D eigenvalue weighted by atomic mass is 10.1. The Labute approximate surface area is 118 Å². The number of Topliss-reactive ketones (excluding diaryl/α,β-unsaturated/α-hetero) is 1. The number of rotatable bonds is 9. The highest BCUT2D eigenvalue weighted by Gasteiger charge is 2.23. The molecule has 1 rings (SSSR count). The first-order chi connectivity index (χ1) is 9.50. The highest BCUT2D eigenvalue weighted by Crippen LogP contribution is 2.48. The van der Waals surface area contributed by atoms with Crippen LogP contribution in [0.25, 0.3) is 0 Å². The molecule has 20 heavy (non-hydrogen) atoms. The summed E-state index contributed by atoms with van der Waals surface area (Å²) in [5.74, 6) is -0.483. The van der Waals surface area contributed by atoms with E-state index in [0.29, 0.717) is 25.2 Å². The largest absolute Gasteiger partial charge is 0.330 e. The molecule has 0 N–H and O–H groups in total. The fourth-order valence-electron chi connectivity index (χ4n) is 1.77. The van der Waals surface area contributed by atoms with Gasteiger partial charge in [0, 0.05) is 12.0 Å². The van der Waals surface area contributed by atoms with Gasteiger partial charge >= 0.3 is 7.60 Å². The Kier molecular flexibility index (Phi) is 7.06. The second-order valence-electron chi connectivity index (χ2n) is 4.20. The zero-order valence-corrected chi connectivity index (χ0v) is 12.7. The predicted octanol–water partition coefficient (Wildman–Crippen LogP) is 4.05. The number of carbonyl (C=O) groups is 1. The van der Waals surface area contributed by atoms with E-state index in [1.165, 1.54) is 24.3 Å². The number of carbonyl (C=O) groups excluding carboxylic acids is 1. The highest BCUT2D eigenvalue weighted by molar-refractivity contribution is 7.53. The number of hydrogen-bond acceptors (Lipinski definition) is 4. The van der Waals surface area contributed by atoms with E-state index in [1.807, 2.05) is 0 Å². The zero-order chi connectivity index (χ0) is 15.0. The maximum absolute atomic E-state index is 12.7. The van der Waals surface area contributed by atoms with Crippen LogP contribution in [0.15, 0.2) is 24.3 Å². The van der Waals surface area contributed by atoms with Gasteiger partial charge in [-0.3, -0.25) is 9.36 Å². The van der Waals surface area contributed by atoms with Crippen LogP contribution in [0.3, 0.4) is 0 Å². The Morgan fingerprint density at radius 3 is 2.20 bits per heavy atom. The van der Waals surface area contributed by atoms with Crippen LogP contribution >= 0.6 is 7.60 Å². The summed E-state index contributed by atoms with van der Waals surface area (Å²) in [5.41, 5.74) is 0.453. The van der Waals surface area contributed by atoms with Gasteiger partial charge in [-0.25, -0.2) is 4.39 Å². The molecule has 0 saturated heterocycles. The summed E-state index contributed by atoms with van der Waals surface area (Å²) in [6, 6.07) is 5.39. The van der Waals surface area contributed by atoms with Crippen molar-refractivity contribution in [1.29, 1.82) is 0 Å². The van der Waals surface area contributed by atoms with Crippen LogP contribution in [0.2, 0.25) is 0 Å². The molecule has 1 aromatic carbocycles. The van der Waals surface area contributed by atoms with Crippen LogP contribution in [-0.4, -0.2) is 25.2 Å². The summed E-state index contributed by atoms with van der Waals surface area (Å²) in [6.45, 7) is 4.11. The fourth-order valence-corrected chi connectivity index (χ4v) is 3.44. The molecule has 0 radical (unpaired) electrons. The van der Waals surface area contributed by atoms with Crippen molar-refractivity contribution >= 4 is 13.4 Å². The molecular weight excluding hydrogens is 282 g/mol. The first-order valence-electron chi connectivity index (χ1n) is 6.67. The molecule has 0 aliphatic rings. The monoisotopic (exact) mass is 302 g/mol. The lowest BCUT2D eigenvalue weighted by molar-refractivity contribution is 0.0981. The van der Waals surface area contributed by atoms with E-state index in [9.17, 15) is 13.8 Å². The maximum atomic E-state index is 12.7. The molecule has 112 valence electrons. The van der Waals surface area contributed by atoms with E-state index < -0.39 is 7.60 Å². The Hall–Kier alpha value is -1.03. The van der Waals surface area contributed by atoms with E-state index in [1.54, 1.807) is 13.8 Å². The minimum atomic E-state index is -3.09. The molecule has 0 spiro atoms. The molecule has 0 aromatic heterocycles. The van der Waals surface area contributed by atoms with Gasteiger partial charge in [-0.05, 0) is 44.5 Å². The molecule has 0 unspecified atom stereocenters. The second kappa shape index (κ2) is 8.30. The Morgan fingerprint density at radius 1 is 1.15 bits per heavy atom. The molecule has 0 bridgehead atoms. The summed E-state index contributed by atoms with van der Waals surface area (Å²) >= 11 is 0. The molecule has 0 aliphatic heterocycles. The van der Waals surface area contributed by atoms with Crippen molar-refractivity contribution < 1.29 is 22.8 Å². The second-order valence-corrected chi connectivity index (χ2v) is 6.39.